The van der Waals surface area contributed by atoms with E-state index in [0.717, 1.165) is 37.1 Å². The summed E-state index contributed by atoms with van der Waals surface area (Å²) in [6, 6.07) is 3.52. The van der Waals surface area contributed by atoms with Gasteiger partial charge in [-0.3, -0.25) is 4.79 Å². The van der Waals surface area contributed by atoms with Crippen LogP contribution in [-0.2, 0) is 9.53 Å². The Morgan fingerprint density at radius 2 is 1.78 bits per heavy atom. The Bertz CT molecular complexity index is 700. The fraction of sp³-hybridized carbons (Fsp3) is 0.500. The predicted molar refractivity (Wildman–Crippen MR) is 99.0 cm³/mol. The number of ether oxygens (including phenoxy) is 1. The average Bonchev–Trinajstić information content (AvgIpc) is 3.00. The van der Waals surface area contributed by atoms with Crippen molar-refractivity contribution in [1.82, 2.24) is 10.6 Å². The second-order valence-corrected chi connectivity index (χ2v) is 7.80. The van der Waals surface area contributed by atoms with E-state index in [1.165, 1.54) is 6.07 Å². The van der Waals surface area contributed by atoms with Gasteiger partial charge in [0.25, 0.3) is 0 Å². The maximum atomic E-state index is 13.6. The second-order valence-electron chi connectivity index (χ2n) is 7.80. The number of rotatable bonds is 5. The molecule has 0 radical (unpaired) electrons. The SMILES string of the molecule is CC(C)(C)OC(=O)NCC1(NC(=O)/C=C/c2c(F)cccc2F)CCCC1. The van der Waals surface area contributed by atoms with Crippen molar-refractivity contribution in [1.29, 1.82) is 0 Å². The van der Waals surface area contributed by atoms with E-state index in [1.54, 1.807) is 20.8 Å². The monoisotopic (exact) mass is 380 g/mol. The van der Waals surface area contributed by atoms with E-state index >= 15 is 0 Å². The highest BCUT2D eigenvalue weighted by Gasteiger charge is 2.35. The lowest BCUT2D eigenvalue weighted by Crippen LogP contribution is -2.54. The van der Waals surface area contributed by atoms with Crippen LogP contribution >= 0.6 is 0 Å². The molecule has 0 heterocycles. The van der Waals surface area contributed by atoms with Crippen molar-refractivity contribution in [3.63, 3.8) is 0 Å². The summed E-state index contributed by atoms with van der Waals surface area (Å²) in [5.41, 5.74) is -1.46. The summed E-state index contributed by atoms with van der Waals surface area (Å²) in [6.07, 6.45) is 4.92. The van der Waals surface area contributed by atoms with Crippen LogP contribution in [0.3, 0.4) is 0 Å². The lowest BCUT2D eigenvalue weighted by molar-refractivity contribution is -0.118. The zero-order valence-corrected chi connectivity index (χ0v) is 15.9. The van der Waals surface area contributed by atoms with Crippen molar-refractivity contribution in [2.24, 2.45) is 0 Å². The van der Waals surface area contributed by atoms with Crippen molar-refractivity contribution in [3.8, 4) is 0 Å². The van der Waals surface area contributed by atoms with Gasteiger partial charge in [0, 0.05) is 18.2 Å². The molecular weight excluding hydrogens is 354 g/mol. The number of benzene rings is 1. The lowest BCUT2D eigenvalue weighted by Gasteiger charge is -2.30. The minimum Gasteiger partial charge on any atom is -0.444 e. The fourth-order valence-electron chi connectivity index (χ4n) is 3.09. The van der Waals surface area contributed by atoms with Gasteiger partial charge in [0.2, 0.25) is 5.91 Å². The highest BCUT2D eigenvalue weighted by Crippen LogP contribution is 2.29. The molecule has 1 aliphatic rings. The number of hydrogen-bond acceptors (Lipinski definition) is 3. The first-order valence-electron chi connectivity index (χ1n) is 9.01. The third kappa shape index (κ3) is 6.34. The molecule has 1 saturated carbocycles. The highest BCUT2D eigenvalue weighted by molar-refractivity contribution is 5.92. The molecule has 1 aromatic carbocycles. The smallest absolute Gasteiger partial charge is 0.407 e. The van der Waals surface area contributed by atoms with E-state index < -0.39 is 34.8 Å². The third-order valence-corrected chi connectivity index (χ3v) is 4.32. The first kappa shape index (κ1) is 20.9. The molecule has 7 heteroatoms. The van der Waals surface area contributed by atoms with Crippen LogP contribution in [0, 0.1) is 11.6 Å². The fourth-order valence-corrected chi connectivity index (χ4v) is 3.09. The predicted octanol–water partition coefficient (Wildman–Crippen LogP) is 3.93. The molecule has 2 amide bonds. The van der Waals surface area contributed by atoms with E-state index in [0.29, 0.717) is 12.8 Å². The number of carbonyl (C=O) groups excluding carboxylic acids is 2. The van der Waals surface area contributed by atoms with E-state index in [4.69, 9.17) is 4.74 Å². The molecule has 27 heavy (non-hydrogen) atoms. The first-order valence-corrected chi connectivity index (χ1v) is 9.01. The third-order valence-electron chi connectivity index (χ3n) is 4.32. The molecular formula is C20H26F2N2O3. The summed E-state index contributed by atoms with van der Waals surface area (Å²) >= 11 is 0. The number of alkyl carbamates (subject to hydrolysis) is 1. The van der Waals surface area contributed by atoms with Crippen molar-refractivity contribution in [2.45, 2.75) is 57.6 Å². The van der Waals surface area contributed by atoms with Gasteiger partial charge in [-0.05, 0) is 51.8 Å². The van der Waals surface area contributed by atoms with Gasteiger partial charge in [0.1, 0.15) is 17.2 Å². The minimum atomic E-state index is -0.735. The normalized spacial score (nSPS) is 16.3. The molecule has 0 aliphatic heterocycles. The molecule has 1 fully saturated rings. The van der Waals surface area contributed by atoms with Gasteiger partial charge in [-0.25, -0.2) is 13.6 Å². The van der Waals surface area contributed by atoms with E-state index in [2.05, 4.69) is 10.6 Å². The molecule has 2 rings (SSSR count). The van der Waals surface area contributed by atoms with Crippen molar-refractivity contribution < 1.29 is 23.1 Å². The Morgan fingerprint density at radius 3 is 2.33 bits per heavy atom. The maximum absolute atomic E-state index is 13.6. The molecule has 5 nitrogen and oxygen atoms in total. The zero-order valence-electron chi connectivity index (χ0n) is 15.9. The average molecular weight is 380 g/mol. The number of amides is 2. The van der Waals surface area contributed by atoms with Gasteiger partial charge in [-0.2, -0.15) is 0 Å². The Balaban J connectivity index is 1.99. The molecule has 0 atom stereocenters. The molecule has 0 bridgehead atoms. The summed E-state index contributed by atoms with van der Waals surface area (Å²) in [6.45, 7) is 5.54. The Kier molecular flexibility index (Phi) is 6.57. The van der Waals surface area contributed by atoms with Gasteiger partial charge in [0.05, 0.1) is 5.54 Å². The Morgan fingerprint density at radius 1 is 1.19 bits per heavy atom. The molecule has 0 spiro atoms. The summed E-state index contributed by atoms with van der Waals surface area (Å²) in [5, 5.41) is 5.58. The summed E-state index contributed by atoms with van der Waals surface area (Å²) < 4.78 is 32.5. The lowest BCUT2D eigenvalue weighted by atomic mass is 9.97. The largest absolute Gasteiger partial charge is 0.444 e. The van der Waals surface area contributed by atoms with E-state index in [-0.39, 0.29) is 12.1 Å². The van der Waals surface area contributed by atoms with Crippen LogP contribution in [0.25, 0.3) is 6.08 Å². The number of hydrogen-bond donors (Lipinski definition) is 2. The quantitative estimate of drug-likeness (QED) is 0.761. The highest BCUT2D eigenvalue weighted by atomic mass is 19.1. The van der Waals surface area contributed by atoms with Crippen molar-refractivity contribution >= 4 is 18.1 Å². The number of carbonyl (C=O) groups is 2. The van der Waals surface area contributed by atoms with Gasteiger partial charge < -0.3 is 15.4 Å². The van der Waals surface area contributed by atoms with Crippen LogP contribution in [0.4, 0.5) is 13.6 Å². The standard InChI is InChI=1S/C20H26F2N2O3/c1-19(2,3)27-18(26)23-13-20(11-4-5-12-20)24-17(25)10-9-14-15(21)7-6-8-16(14)22/h6-10H,4-5,11-13H2,1-3H3,(H,23,26)(H,24,25)/b10-9+. The van der Waals surface area contributed by atoms with Crippen LogP contribution in [0.15, 0.2) is 24.3 Å². The number of halogens is 2. The van der Waals surface area contributed by atoms with Gasteiger partial charge in [-0.1, -0.05) is 18.9 Å². The van der Waals surface area contributed by atoms with Gasteiger partial charge in [0.15, 0.2) is 0 Å². The van der Waals surface area contributed by atoms with Crippen LogP contribution in [0.5, 0.6) is 0 Å². The van der Waals surface area contributed by atoms with Crippen molar-refractivity contribution in [2.75, 3.05) is 6.54 Å². The molecule has 1 aromatic rings. The van der Waals surface area contributed by atoms with Crippen LogP contribution in [0.1, 0.15) is 52.0 Å². The molecule has 148 valence electrons. The van der Waals surface area contributed by atoms with Gasteiger partial charge in [-0.15, -0.1) is 0 Å². The minimum absolute atomic E-state index is 0.232. The Hall–Kier alpha value is -2.44. The first-order chi connectivity index (χ1) is 12.6. The summed E-state index contributed by atoms with van der Waals surface area (Å²) in [7, 11) is 0. The molecule has 2 N–H and O–H groups in total. The molecule has 0 aromatic heterocycles. The molecule has 0 saturated heterocycles. The van der Waals surface area contributed by atoms with E-state index in [1.807, 2.05) is 0 Å². The number of nitrogens with one attached hydrogen (secondary N) is 2. The summed E-state index contributed by atoms with van der Waals surface area (Å²) in [5.74, 6) is -1.94. The topological polar surface area (TPSA) is 67.4 Å². The Labute approximate surface area is 158 Å². The summed E-state index contributed by atoms with van der Waals surface area (Å²) in [4.78, 5) is 24.2. The van der Waals surface area contributed by atoms with Crippen molar-refractivity contribution in [3.05, 3.63) is 41.5 Å². The van der Waals surface area contributed by atoms with E-state index in [9.17, 15) is 18.4 Å². The zero-order chi connectivity index (χ0) is 20.1. The van der Waals surface area contributed by atoms with Gasteiger partial charge >= 0.3 is 6.09 Å². The molecule has 0 unspecified atom stereocenters. The van der Waals surface area contributed by atoms with Crippen LogP contribution in [-0.4, -0.2) is 29.7 Å². The second kappa shape index (κ2) is 8.50. The molecule has 1 aliphatic carbocycles. The van der Waals surface area contributed by atoms with Crippen LogP contribution < -0.4 is 10.6 Å². The van der Waals surface area contributed by atoms with Crippen LogP contribution in [0.2, 0.25) is 0 Å². The maximum Gasteiger partial charge on any atom is 0.407 e.